The van der Waals surface area contributed by atoms with Crippen LogP contribution in [0.25, 0.3) is 28.0 Å². The average Bonchev–Trinajstić information content (AvgIpc) is 3.17. The standard InChI is InChI=1S/C21H17N5O2S/c1-14(12-22)18-13-24-20(17-8-7-15-5-3-4-6-16(15)11-17)26(18)19-9-10-23-21(25-19)29(2,27)28/h3-11,13-14H,1-2H3. The predicted molar refractivity (Wildman–Crippen MR) is 109 cm³/mol. The molecular weight excluding hydrogens is 386 g/mol. The Morgan fingerprint density at radius 3 is 2.55 bits per heavy atom. The molecule has 0 fully saturated rings. The number of hydrogen-bond donors (Lipinski definition) is 0. The number of sulfone groups is 1. The van der Waals surface area contributed by atoms with Crippen molar-refractivity contribution in [2.45, 2.75) is 18.0 Å². The van der Waals surface area contributed by atoms with Crippen molar-refractivity contribution in [2.75, 3.05) is 6.26 Å². The van der Waals surface area contributed by atoms with Gasteiger partial charge in [-0.2, -0.15) is 5.26 Å². The van der Waals surface area contributed by atoms with Crippen molar-refractivity contribution < 1.29 is 8.42 Å². The Morgan fingerprint density at radius 2 is 1.83 bits per heavy atom. The highest BCUT2D eigenvalue weighted by Crippen LogP contribution is 2.29. The van der Waals surface area contributed by atoms with Crippen LogP contribution < -0.4 is 0 Å². The van der Waals surface area contributed by atoms with Crippen molar-refractivity contribution >= 4 is 20.6 Å². The molecule has 0 aliphatic carbocycles. The summed E-state index contributed by atoms with van der Waals surface area (Å²) in [5.41, 5.74) is 1.45. The molecule has 0 saturated carbocycles. The Bertz CT molecular complexity index is 1370. The fourth-order valence-electron chi connectivity index (χ4n) is 3.14. The zero-order chi connectivity index (χ0) is 20.6. The Morgan fingerprint density at radius 1 is 1.07 bits per heavy atom. The lowest BCUT2D eigenvalue weighted by molar-refractivity contribution is 0.592. The van der Waals surface area contributed by atoms with E-state index in [1.165, 1.54) is 6.20 Å². The van der Waals surface area contributed by atoms with Crippen LogP contribution in [0.1, 0.15) is 18.5 Å². The predicted octanol–water partition coefficient (Wildman–Crippen LogP) is 3.51. The topological polar surface area (TPSA) is 102 Å². The van der Waals surface area contributed by atoms with Crippen LogP contribution in [0.2, 0.25) is 0 Å². The van der Waals surface area contributed by atoms with E-state index in [1.807, 2.05) is 42.5 Å². The first kappa shape index (κ1) is 18.8. The van der Waals surface area contributed by atoms with E-state index in [1.54, 1.807) is 23.8 Å². The lowest BCUT2D eigenvalue weighted by Gasteiger charge is -2.13. The third-order valence-electron chi connectivity index (χ3n) is 4.61. The van der Waals surface area contributed by atoms with E-state index in [4.69, 9.17) is 0 Å². The van der Waals surface area contributed by atoms with Gasteiger partial charge in [-0.05, 0) is 29.8 Å². The van der Waals surface area contributed by atoms with E-state index in [0.29, 0.717) is 17.3 Å². The first-order valence-corrected chi connectivity index (χ1v) is 10.8. The van der Waals surface area contributed by atoms with Crippen LogP contribution >= 0.6 is 0 Å². The molecule has 4 aromatic rings. The Labute approximate surface area is 168 Å². The van der Waals surface area contributed by atoms with Crippen molar-refractivity contribution in [2.24, 2.45) is 0 Å². The van der Waals surface area contributed by atoms with Crippen LogP contribution in [0.3, 0.4) is 0 Å². The molecule has 0 N–H and O–H groups in total. The number of benzene rings is 2. The van der Waals surface area contributed by atoms with E-state index in [2.05, 4.69) is 21.0 Å². The number of rotatable bonds is 4. The summed E-state index contributed by atoms with van der Waals surface area (Å²) >= 11 is 0. The lowest BCUT2D eigenvalue weighted by atomic mass is 10.1. The van der Waals surface area contributed by atoms with Crippen molar-refractivity contribution in [3.05, 3.63) is 66.6 Å². The first-order chi connectivity index (χ1) is 13.9. The molecule has 2 aromatic heterocycles. The van der Waals surface area contributed by atoms with Crippen LogP contribution in [-0.2, 0) is 9.84 Å². The summed E-state index contributed by atoms with van der Waals surface area (Å²) in [6, 6.07) is 17.7. The molecule has 8 heteroatoms. The monoisotopic (exact) mass is 403 g/mol. The number of aromatic nitrogens is 4. The van der Waals surface area contributed by atoms with Gasteiger partial charge < -0.3 is 0 Å². The largest absolute Gasteiger partial charge is 0.279 e. The average molecular weight is 403 g/mol. The highest BCUT2D eigenvalue weighted by molar-refractivity contribution is 7.90. The number of fused-ring (bicyclic) bond motifs is 1. The molecule has 0 saturated heterocycles. The molecule has 0 bridgehead atoms. The number of nitrogens with zero attached hydrogens (tertiary/aromatic N) is 5. The van der Waals surface area contributed by atoms with Gasteiger partial charge in [-0.3, -0.25) is 4.57 Å². The van der Waals surface area contributed by atoms with E-state index in [-0.39, 0.29) is 5.16 Å². The molecule has 0 amide bonds. The second-order valence-corrected chi connectivity index (χ2v) is 8.63. The van der Waals surface area contributed by atoms with E-state index in [0.717, 1.165) is 22.6 Å². The maximum absolute atomic E-state index is 11.9. The second-order valence-electron chi connectivity index (χ2n) is 6.72. The number of hydrogen-bond acceptors (Lipinski definition) is 6. The van der Waals surface area contributed by atoms with Crippen molar-refractivity contribution in [3.63, 3.8) is 0 Å². The molecule has 2 heterocycles. The van der Waals surface area contributed by atoms with Gasteiger partial charge in [0, 0.05) is 18.0 Å². The molecule has 0 radical (unpaired) electrons. The molecule has 29 heavy (non-hydrogen) atoms. The summed E-state index contributed by atoms with van der Waals surface area (Å²) in [5, 5.41) is 11.3. The van der Waals surface area contributed by atoms with Gasteiger partial charge in [0.1, 0.15) is 11.6 Å². The summed E-state index contributed by atoms with van der Waals surface area (Å²) in [7, 11) is -3.58. The van der Waals surface area contributed by atoms with Crippen LogP contribution in [0.5, 0.6) is 0 Å². The van der Waals surface area contributed by atoms with Gasteiger partial charge in [-0.25, -0.2) is 23.4 Å². The van der Waals surface area contributed by atoms with Crippen molar-refractivity contribution in [1.82, 2.24) is 19.5 Å². The third kappa shape index (κ3) is 3.48. The zero-order valence-corrected chi connectivity index (χ0v) is 16.6. The van der Waals surface area contributed by atoms with E-state index in [9.17, 15) is 13.7 Å². The van der Waals surface area contributed by atoms with Crippen LogP contribution in [0.4, 0.5) is 0 Å². The van der Waals surface area contributed by atoms with Crippen LogP contribution in [0.15, 0.2) is 66.1 Å². The molecule has 1 unspecified atom stereocenters. The molecule has 144 valence electrons. The molecule has 0 aliphatic rings. The van der Waals surface area contributed by atoms with Gasteiger partial charge in [0.25, 0.3) is 0 Å². The fourth-order valence-corrected chi connectivity index (χ4v) is 3.66. The maximum atomic E-state index is 11.9. The van der Waals surface area contributed by atoms with Crippen LogP contribution in [-0.4, -0.2) is 34.2 Å². The molecule has 4 rings (SSSR count). The summed E-state index contributed by atoms with van der Waals surface area (Å²) < 4.78 is 25.6. The summed E-state index contributed by atoms with van der Waals surface area (Å²) in [6.45, 7) is 1.76. The SMILES string of the molecule is CC(C#N)c1cnc(-c2ccc3ccccc3c2)n1-c1ccnc(S(C)(=O)=O)n1. The van der Waals surface area contributed by atoms with Gasteiger partial charge in [0.2, 0.25) is 15.0 Å². The van der Waals surface area contributed by atoms with Gasteiger partial charge in [-0.1, -0.05) is 36.4 Å². The molecule has 2 aromatic carbocycles. The van der Waals surface area contributed by atoms with E-state index < -0.39 is 15.8 Å². The van der Waals surface area contributed by atoms with Gasteiger partial charge in [0.15, 0.2) is 0 Å². The first-order valence-electron chi connectivity index (χ1n) is 8.88. The van der Waals surface area contributed by atoms with Gasteiger partial charge in [-0.15, -0.1) is 0 Å². The summed E-state index contributed by atoms with van der Waals surface area (Å²) in [6.07, 6.45) is 4.08. The summed E-state index contributed by atoms with van der Waals surface area (Å²) in [5.74, 6) is 0.456. The highest BCUT2D eigenvalue weighted by atomic mass is 32.2. The van der Waals surface area contributed by atoms with Crippen LogP contribution in [0, 0.1) is 11.3 Å². The molecule has 0 aliphatic heterocycles. The highest BCUT2D eigenvalue weighted by Gasteiger charge is 2.21. The van der Waals surface area contributed by atoms with Crippen molar-refractivity contribution in [1.29, 1.82) is 5.26 Å². The smallest absolute Gasteiger partial charge is 0.248 e. The maximum Gasteiger partial charge on any atom is 0.248 e. The zero-order valence-electron chi connectivity index (χ0n) is 15.8. The van der Waals surface area contributed by atoms with Gasteiger partial charge >= 0.3 is 0 Å². The molecular formula is C21H17N5O2S. The fraction of sp³-hybridized carbons (Fsp3) is 0.143. The molecule has 0 spiro atoms. The quantitative estimate of drug-likeness (QED) is 0.483. The third-order valence-corrected chi connectivity index (χ3v) is 5.47. The lowest BCUT2D eigenvalue weighted by Crippen LogP contribution is -2.11. The van der Waals surface area contributed by atoms with E-state index >= 15 is 0 Å². The number of nitriles is 1. The molecule has 1 atom stereocenters. The minimum Gasteiger partial charge on any atom is -0.279 e. The van der Waals surface area contributed by atoms with Gasteiger partial charge in [0.05, 0.1) is 23.9 Å². The normalized spacial score (nSPS) is 12.6. The summed E-state index contributed by atoms with van der Waals surface area (Å²) in [4.78, 5) is 12.6. The Hall–Kier alpha value is -3.57. The van der Waals surface area contributed by atoms with Crippen molar-refractivity contribution in [3.8, 4) is 23.3 Å². The Balaban J connectivity index is 1.97. The minimum absolute atomic E-state index is 0.274. The number of imidazole rings is 1. The second kappa shape index (κ2) is 7.11. The Kier molecular flexibility index (Phi) is 4.60. The minimum atomic E-state index is -3.58. The molecule has 7 nitrogen and oxygen atoms in total.